The molecule has 144 valence electrons. The standard InChI is InChI=1S/C18H21FN4O3S/c1-11-4-2-3-5-14(11)20-17(25)21-15(24)10-27-18-23-22-16(26-18)12-6-8-13(19)9-7-12/h6-9,11,14H,2-5,10H2,1H3,(H2,20,21,24,25)/t11-,14-/m1/s1. The van der Waals surface area contributed by atoms with Crippen molar-refractivity contribution in [2.24, 2.45) is 5.92 Å². The molecule has 9 heteroatoms. The van der Waals surface area contributed by atoms with Crippen LogP contribution in [0.25, 0.3) is 11.5 Å². The van der Waals surface area contributed by atoms with E-state index in [1.165, 1.54) is 30.7 Å². The van der Waals surface area contributed by atoms with Crippen LogP contribution in [0.5, 0.6) is 0 Å². The summed E-state index contributed by atoms with van der Waals surface area (Å²) >= 11 is 1.03. The van der Waals surface area contributed by atoms with Gasteiger partial charge in [0.1, 0.15) is 5.82 Å². The van der Waals surface area contributed by atoms with E-state index in [0.717, 1.165) is 31.0 Å². The van der Waals surface area contributed by atoms with E-state index in [2.05, 4.69) is 27.8 Å². The highest BCUT2D eigenvalue weighted by Crippen LogP contribution is 2.24. The van der Waals surface area contributed by atoms with Crippen molar-refractivity contribution in [3.8, 4) is 11.5 Å². The average molecular weight is 392 g/mol. The third-order valence-electron chi connectivity index (χ3n) is 4.51. The molecule has 2 aromatic rings. The molecule has 3 rings (SSSR count). The lowest BCUT2D eigenvalue weighted by Crippen LogP contribution is -2.48. The van der Waals surface area contributed by atoms with Crippen LogP contribution in [0.3, 0.4) is 0 Å². The number of hydrogen-bond acceptors (Lipinski definition) is 6. The second-order valence-electron chi connectivity index (χ2n) is 6.56. The van der Waals surface area contributed by atoms with Gasteiger partial charge in [0.05, 0.1) is 5.75 Å². The number of rotatable bonds is 5. The molecular formula is C18H21FN4O3S. The molecule has 27 heavy (non-hydrogen) atoms. The van der Waals surface area contributed by atoms with Gasteiger partial charge >= 0.3 is 6.03 Å². The Morgan fingerprint density at radius 1 is 1.22 bits per heavy atom. The first-order valence-corrected chi connectivity index (χ1v) is 9.82. The molecule has 2 atom stereocenters. The fourth-order valence-corrected chi connectivity index (χ4v) is 3.57. The molecule has 1 fully saturated rings. The monoisotopic (exact) mass is 392 g/mol. The summed E-state index contributed by atoms with van der Waals surface area (Å²) in [6.07, 6.45) is 4.29. The Bertz CT molecular complexity index is 796. The van der Waals surface area contributed by atoms with Gasteiger partial charge in [-0.3, -0.25) is 10.1 Å². The highest BCUT2D eigenvalue weighted by molar-refractivity contribution is 7.99. The molecule has 7 nitrogen and oxygen atoms in total. The molecule has 2 N–H and O–H groups in total. The summed E-state index contributed by atoms with van der Waals surface area (Å²) in [6, 6.07) is 5.28. The zero-order valence-corrected chi connectivity index (χ0v) is 15.7. The van der Waals surface area contributed by atoms with Crippen molar-refractivity contribution < 1.29 is 18.4 Å². The molecule has 3 amide bonds. The molecule has 0 aliphatic heterocycles. The Labute approximate surface area is 160 Å². The van der Waals surface area contributed by atoms with Gasteiger partial charge in [-0.2, -0.15) is 0 Å². The summed E-state index contributed by atoms with van der Waals surface area (Å²) in [4.78, 5) is 23.9. The molecule has 1 aliphatic carbocycles. The van der Waals surface area contributed by atoms with Crippen molar-refractivity contribution in [1.29, 1.82) is 0 Å². The molecule has 0 unspecified atom stereocenters. The normalized spacial score (nSPS) is 19.5. The lowest BCUT2D eigenvalue weighted by atomic mass is 9.86. The molecule has 0 bridgehead atoms. The molecule has 0 spiro atoms. The van der Waals surface area contributed by atoms with Gasteiger partial charge in [-0.15, -0.1) is 10.2 Å². The third kappa shape index (κ3) is 5.53. The van der Waals surface area contributed by atoms with Gasteiger partial charge in [-0.25, -0.2) is 9.18 Å². The summed E-state index contributed by atoms with van der Waals surface area (Å²) < 4.78 is 18.4. The number of hydrogen-bond donors (Lipinski definition) is 2. The Morgan fingerprint density at radius 3 is 2.70 bits per heavy atom. The van der Waals surface area contributed by atoms with E-state index < -0.39 is 11.9 Å². The fourth-order valence-electron chi connectivity index (χ4n) is 3.00. The second-order valence-corrected chi connectivity index (χ2v) is 7.49. The molecule has 1 aromatic heterocycles. The highest BCUT2D eigenvalue weighted by atomic mass is 32.2. The van der Waals surface area contributed by atoms with Crippen LogP contribution >= 0.6 is 11.8 Å². The topological polar surface area (TPSA) is 97.1 Å². The lowest BCUT2D eigenvalue weighted by Gasteiger charge is -2.29. The summed E-state index contributed by atoms with van der Waals surface area (Å²) in [5, 5.41) is 13.1. The van der Waals surface area contributed by atoms with Gasteiger partial charge in [0.25, 0.3) is 5.22 Å². The molecule has 1 heterocycles. The number of urea groups is 1. The first kappa shape index (κ1) is 19.3. The molecule has 1 aromatic carbocycles. The number of thioether (sulfide) groups is 1. The number of benzene rings is 1. The van der Waals surface area contributed by atoms with Crippen LogP contribution in [0.4, 0.5) is 9.18 Å². The number of aromatic nitrogens is 2. The molecular weight excluding hydrogens is 371 g/mol. The Kier molecular flexibility index (Phi) is 6.44. The molecule has 1 saturated carbocycles. The van der Waals surface area contributed by atoms with E-state index >= 15 is 0 Å². The van der Waals surface area contributed by atoms with Gasteiger partial charge < -0.3 is 9.73 Å². The molecule has 0 radical (unpaired) electrons. The number of imide groups is 1. The van der Waals surface area contributed by atoms with Gasteiger partial charge in [-0.05, 0) is 43.0 Å². The summed E-state index contributed by atoms with van der Waals surface area (Å²) in [6.45, 7) is 2.11. The van der Waals surface area contributed by atoms with Gasteiger partial charge in [-0.1, -0.05) is 31.5 Å². The minimum absolute atomic E-state index is 0.0291. The SMILES string of the molecule is C[C@@H]1CCCC[C@H]1NC(=O)NC(=O)CSc1nnc(-c2ccc(F)cc2)o1. The molecule has 1 aliphatic rings. The minimum atomic E-state index is -0.475. The van der Waals surface area contributed by atoms with Gasteiger partial charge in [0.15, 0.2) is 0 Å². The van der Waals surface area contributed by atoms with Gasteiger partial charge in [0, 0.05) is 11.6 Å². The van der Waals surface area contributed by atoms with Crippen molar-refractivity contribution in [3.05, 3.63) is 30.1 Å². The van der Waals surface area contributed by atoms with Crippen LogP contribution in [0.15, 0.2) is 33.9 Å². The smallest absolute Gasteiger partial charge is 0.321 e. The second kappa shape index (κ2) is 8.98. The largest absolute Gasteiger partial charge is 0.411 e. The maximum atomic E-state index is 12.9. The zero-order valence-electron chi connectivity index (χ0n) is 14.9. The zero-order chi connectivity index (χ0) is 19.2. The van der Waals surface area contributed by atoms with E-state index in [1.54, 1.807) is 0 Å². The number of carbonyl (C=O) groups is 2. The van der Waals surface area contributed by atoms with Crippen molar-refractivity contribution in [2.45, 2.75) is 43.9 Å². The number of amides is 3. The summed E-state index contributed by atoms with van der Waals surface area (Å²) in [7, 11) is 0. The first-order valence-electron chi connectivity index (χ1n) is 8.84. The van der Waals surface area contributed by atoms with Crippen molar-refractivity contribution in [1.82, 2.24) is 20.8 Å². The Hall–Kier alpha value is -2.42. The fraction of sp³-hybridized carbons (Fsp3) is 0.444. The van der Waals surface area contributed by atoms with Crippen molar-refractivity contribution in [3.63, 3.8) is 0 Å². The van der Waals surface area contributed by atoms with Crippen LogP contribution in [0.1, 0.15) is 32.6 Å². The van der Waals surface area contributed by atoms with E-state index in [4.69, 9.17) is 4.42 Å². The summed E-state index contributed by atoms with van der Waals surface area (Å²) in [5.41, 5.74) is 0.584. The van der Waals surface area contributed by atoms with Crippen molar-refractivity contribution >= 4 is 23.7 Å². The lowest BCUT2D eigenvalue weighted by molar-refractivity contribution is -0.117. The van der Waals surface area contributed by atoms with E-state index in [0.29, 0.717) is 11.5 Å². The van der Waals surface area contributed by atoms with Crippen LogP contribution in [0.2, 0.25) is 0 Å². The maximum Gasteiger partial charge on any atom is 0.321 e. The highest BCUT2D eigenvalue weighted by Gasteiger charge is 2.23. The van der Waals surface area contributed by atoms with Crippen LogP contribution in [-0.2, 0) is 4.79 Å². The van der Waals surface area contributed by atoms with E-state index in [-0.39, 0.29) is 28.7 Å². The molecule has 0 saturated heterocycles. The van der Waals surface area contributed by atoms with Crippen LogP contribution in [-0.4, -0.2) is 33.9 Å². The van der Waals surface area contributed by atoms with Gasteiger partial charge in [0.2, 0.25) is 11.8 Å². The number of carbonyl (C=O) groups excluding carboxylic acids is 2. The van der Waals surface area contributed by atoms with E-state index in [1.807, 2.05) is 0 Å². The van der Waals surface area contributed by atoms with E-state index in [9.17, 15) is 14.0 Å². The first-order chi connectivity index (χ1) is 13.0. The predicted octanol–water partition coefficient (Wildman–Crippen LogP) is 3.37. The number of nitrogens with zero attached hydrogens (tertiary/aromatic N) is 2. The Balaban J connectivity index is 1.45. The van der Waals surface area contributed by atoms with Crippen molar-refractivity contribution in [2.75, 3.05) is 5.75 Å². The quantitative estimate of drug-likeness (QED) is 0.757. The third-order valence-corrected chi connectivity index (χ3v) is 5.32. The maximum absolute atomic E-state index is 12.9. The average Bonchev–Trinajstić information content (AvgIpc) is 3.11. The minimum Gasteiger partial charge on any atom is -0.411 e. The summed E-state index contributed by atoms with van der Waals surface area (Å²) in [5.74, 6) is -0.175. The van der Waals surface area contributed by atoms with Crippen LogP contribution < -0.4 is 10.6 Å². The predicted molar refractivity (Wildman–Crippen MR) is 98.5 cm³/mol. The number of nitrogens with one attached hydrogen (secondary N) is 2. The van der Waals surface area contributed by atoms with Crippen LogP contribution in [0, 0.1) is 11.7 Å². The number of halogens is 1. The Morgan fingerprint density at radius 2 is 1.96 bits per heavy atom.